The summed E-state index contributed by atoms with van der Waals surface area (Å²) in [7, 11) is 0. The molecule has 4 heteroatoms. The van der Waals surface area contributed by atoms with Crippen molar-refractivity contribution in [3.63, 3.8) is 0 Å². The number of benzene rings is 2. The summed E-state index contributed by atoms with van der Waals surface area (Å²) >= 11 is 0. The fraction of sp³-hybridized carbons (Fsp3) is 0.176. The number of ether oxygens (including phenoxy) is 1. The van der Waals surface area contributed by atoms with Gasteiger partial charge in [-0.3, -0.25) is 4.79 Å². The van der Waals surface area contributed by atoms with Gasteiger partial charge in [0.1, 0.15) is 12.3 Å². The summed E-state index contributed by atoms with van der Waals surface area (Å²) in [5, 5.41) is 2.54. The molecule has 0 spiro atoms. The van der Waals surface area contributed by atoms with Crippen molar-refractivity contribution in [1.82, 2.24) is 5.32 Å². The van der Waals surface area contributed by atoms with Crippen LogP contribution in [0.1, 0.15) is 21.5 Å². The molecule has 2 aromatic carbocycles. The molecule has 21 heavy (non-hydrogen) atoms. The van der Waals surface area contributed by atoms with E-state index in [4.69, 9.17) is 4.74 Å². The summed E-state index contributed by atoms with van der Waals surface area (Å²) in [5.41, 5.74) is 2.60. The zero-order valence-electron chi connectivity index (χ0n) is 12.1. The summed E-state index contributed by atoms with van der Waals surface area (Å²) in [6.07, 6.45) is 0. The first-order valence-electron chi connectivity index (χ1n) is 6.67. The second-order valence-electron chi connectivity index (χ2n) is 4.84. The topological polar surface area (TPSA) is 55.4 Å². The average Bonchev–Trinajstić information content (AvgIpc) is 2.47. The molecule has 2 aromatic rings. The summed E-state index contributed by atoms with van der Waals surface area (Å²) in [5.74, 6) is -0.324. The van der Waals surface area contributed by atoms with Crippen LogP contribution in [0.5, 0.6) is 5.75 Å². The van der Waals surface area contributed by atoms with E-state index in [2.05, 4.69) is 5.32 Å². The zero-order valence-corrected chi connectivity index (χ0v) is 12.1. The van der Waals surface area contributed by atoms with Gasteiger partial charge in [-0.05, 0) is 38.1 Å². The molecule has 1 amide bonds. The normalized spacial score (nSPS) is 10.0. The number of aryl methyl sites for hydroxylation is 2. The molecule has 0 saturated heterocycles. The first kappa shape index (κ1) is 14.8. The minimum Gasteiger partial charge on any atom is -0.425 e. The SMILES string of the molecule is Cc1ccc(OC(=O)CNC(=O)c2cccc(C)c2)cc1. The maximum atomic E-state index is 11.9. The Balaban J connectivity index is 1.86. The Morgan fingerprint density at radius 3 is 2.38 bits per heavy atom. The smallest absolute Gasteiger partial charge is 0.330 e. The molecule has 0 radical (unpaired) electrons. The molecule has 0 bridgehead atoms. The highest BCUT2D eigenvalue weighted by atomic mass is 16.5. The molecule has 0 aromatic heterocycles. The van der Waals surface area contributed by atoms with Crippen molar-refractivity contribution < 1.29 is 14.3 Å². The van der Waals surface area contributed by atoms with Crippen LogP contribution >= 0.6 is 0 Å². The molecule has 0 aliphatic carbocycles. The predicted molar refractivity (Wildman–Crippen MR) is 80.3 cm³/mol. The van der Waals surface area contributed by atoms with Gasteiger partial charge in [0, 0.05) is 5.56 Å². The second kappa shape index (κ2) is 6.70. The van der Waals surface area contributed by atoms with E-state index in [1.165, 1.54) is 0 Å². The molecule has 0 unspecified atom stereocenters. The number of nitrogens with one attached hydrogen (secondary N) is 1. The third-order valence-electron chi connectivity index (χ3n) is 2.93. The Labute approximate surface area is 123 Å². The van der Waals surface area contributed by atoms with Gasteiger partial charge in [0.2, 0.25) is 0 Å². The van der Waals surface area contributed by atoms with Crippen molar-refractivity contribution in [3.8, 4) is 5.75 Å². The molecule has 108 valence electrons. The molecule has 0 fully saturated rings. The zero-order chi connectivity index (χ0) is 15.2. The minimum absolute atomic E-state index is 0.166. The highest BCUT2D eigenvalue weighted by Gasteiger charge is 2.09. The fourth-order valence-electron chi connectivity index (χ4n) is 1.81. The van der Waals surface area contributed by atoms with Crippen molar-refractivity contribution in [2.24, 2.45) is 0 Å². The third kappa shape index (κ3) is 4.45. The van der Waals surface area contributed by atoms with Crippen molar-refractivity contribution in [2.45, 2.75) is 13.8 Å². The van der Waals surface area contributed by atoms with E-state index in [1.54, 1.807) is 30.3 Å². The van der Waals surface area contributed by atoms with Crippen LogP contribution in [-0.2, 0) is 4.79 Å². The van der Waals surface area contributed by atoms with Gasteiger partial charge in [0.25, 0.3) is 5.91 Å². The van der Waals surface area contributed by atoms with Gasteiger partial charge in [0.05, 0.1) is 0 Å². The Morgan fingerprint density at radius 2 is 1.71 bits per heavy atom. The van der Waals surface area contributed by atoms with Crippen LogP contribution in [0.4, 0.5) is 0 Å². The molecule has 0 saturated carbocycles. The second-order valence-corrected chi connectivity index (χ2v) is 4.84. The largest absolute Gasteiger partial charge is 0.425 e. The van der Waals surface area contributed by atoms with Gasteiger partial charge in [0.15, 0.2) is 0 Å². The third-order valence-corrected chi connectivity index (χ3v) is 2.93. The maximum Gasteiger partial charge on any atom is 0.330 e. The first-order chi connectivity index (χ1) is 10.0. The minimum atomic E-state index is -0.500. The van der Waals surface area contributed by atoms with Crippen LogP contribution < -0.4 is 10.1 Å². The lowest BCUT2D eigenvalue weighted by molar-refractivity contribution is -0.133. The molecule has 0 aliphatic rings. The Bertz CT molecular complexity index is 647. The summed E-state index contributed by atoms with van der Waals surface area (Å²) < 4.78 is 5.13. The Morgan fingerprint density at radius 1 is 1.00 bits per heavy atom. The van der Waals surface area contributed by atoms with Gasteiger partial charge < -0.3 is 10.1 Å². The number of carbonyl (C=O) groups excluding carboxylic acids is 2. The van der Waals surface area contributed by atoms with Gasteiger partial charge in [-0.2, -0.15) is 0 Å². The van der Waals surface area contributed by atoms with E-state index in [9.17, 15) is 9.59 Å². The first-order valence-corrected chi connectivity index (χ1v) is 6.67. The van der Waals surface area contributed by atoms with E-state index >= 15 is 0 Å². The molecular weight excluding hydrogens is 266 g/mol. The van der Waals surface area contributed by atoms with E-state index in [0.29, 0.717) is 11.3 Å². The van der Waals surface area contributed by atoms with Crippen LogP contribution in [0.15, 0.2) is 48.5 Å². The van der Waals surface area contributed by atoms with E-state index in [-0.39, 0.29) is 12.5 Å². The number of amides is 1. The molecule has 0 atom stereocenters. The Kier molecular flexibility index (Phi) is 4.72. The van der Waals surface area contributed by atoms with Crippen LogP contribution in [0.25, 0.3) is 0 Å². The predicted octanol–water partition coefficient (Wildman–Crippen LogP) is 2.64. The van der Waals surface area contributed by atoms with Crippen molar-refractivity contribution in [2.75, 3.05) is 6.54 Å². The summed E-state index contributed by atoms with van der Waals surface area (Å²) in [6, 6.07) is 14.3. The number of esters is 1. The summed E-state index contributed by atoms with van der Waals surface area (Å²) in [6.45, 7) is 3.69. The highest BCUT2D eigenvalue weighted by Crippen LogP contribution is 2.11. The molecule has 4 nitrogen and oxygen atoms in total. The van der Waals surface area contributed by atoms with E-state index in [1.807, 2.05) is 32.0 Å². The Hall–Kier alpha value is -2.62. The molecule has 0 aliphatic heterocycles. The van der Waals surface area contributed by atoms with Gasteiger partial charge in [-0.25, -0.2) is 4.79 Å². The lowest BCUT2D eigenvalue weighted by Gasteiger charge is -2.07. The lowest BCUT2D eigenvalue weighted by atomic mass is 10.1. The van der Waals surface area contributed by atoms with Crippen molar-refractivity contribution in [1.29, 1.82) is 0 Å². The molecular formula is C17H17NO3. The molecule has 2 rings (SSSR count). The quantitative estimate of drug-likeness (QED) is 0.693. The van der Waals surface area contributed by atoms with Gasteiger partial charge in [-0.15, -0.1) is 0 Å². The monoisotopic (exact) mass is 283 g/mol. The standard InChI is InChI=1S/C17H17NO3/c1-12-6-8-15(9-7-12)21-16(19)11-18-17(20)14-5-3-4-13(2)10-14/h3-10H,11H2,1-2H3,(H,18,20). The van der Waals surface area contributed by atoms with Gasteiger partial charge >= 0.3 is 5.97 Å². The number of hydrogen-bond donors (Lipinski definition) is 1. The maximum absolute atomic E-state index is 11.9. The average molecular weight is 283 g/mol. The van der Waals surface area contributed by atoms with Crippen LogP contribution in [-0.4, -0.2) is 18.4 Å². The van der Waals surface area contributed by atoms with Crippen LogP contribution in [0, 0.1) is 13.8 Å². The van der Waals surface area contributed by atoms with E-state index < -0.39 is 5.97 Å². The number of carbonyl (C=O) groups is 2. The van der Waals surface area contributed by atoms with E-state index in [0.717, 1.165) is 11.1 Å². The highest BCUT2D eigenvalue weighted by molar-refractivity contribution is 5.96. The summed E-state index contributed by atoms with van der Waals surface area (Å²) in [4.78, 5) is 23.5. The number of rotatable bonds is 4. The van der Waals surface area contributed by atoms with Crippen molar-refractivity contribution in [3.05, 3.63) is 65.2 Å². The van der Waals surface area contributed by atoms with Crippen LogP contribution in [0.3, 0.4) is 0 Å². The van der Waals surface area contributed by atoms with Crippen molar-refractivity contribution >= 4 is 11.9 Å². The molecule has 0 heterocycles. The van der Waals surface area contributed by atoms with Gasteiger partial charge in [-0.1, -0.05) is 35.4 Å². The molecule has 1 N–H and O–H groups in total. The lowest BCUT2D eigenvalue weighted by Crippen LogP contribution is -2.31. The number of hydrogen-bond acceptors (Lipinski definition) is 3. The van der Waals surface area contributed by atoms with Crippen LogP contribution in [0.2, 0.25) is 0 Å². The fourth-order valence-corrected chi connectivity index (χ4v) is 1.81.